The molecule has 0 spiro atoms. The Morgan fingerprint density at radius 1 is 0.886 bits per heavy atom. The number of nitrogens with zero attached hydrogens (tertiary/aromatic N) is 1. The molecule has 4 aromatic rings. The molecule has 0 radical (unpaired) electrons. The van der Waals surface area contributed by atoms with Gasteiger partial charge in [0.1, 0.15) is 27.8 Å². The van der Waals surface area contributed by atoms with Crippen molar-refractivity contribution in [2.75, 3.05) is 0 Å². The minimum atomic E-state index is -4.34. The van der Waals surface area contributed by atoms with Crippen molar-refractivity contribution in [1.29, 1.82) is 0 Å². The lowest BCUT2D eigenvalue weighted by Crippen LogP contribution is -2.32. The van der Waals surface area contributed by atoms with Crippen LogP contribution in [0.1, 0.15) is 37.5 Å². The van der Waals surface area contributed by atoms with Crippen LogP contribution >= 0.6 is 23.2 Å². The van der Waals surface area contributed by atoms with Gasteiger partial charge in [-0.15, -0.1) is 0 Å². The van der Waals surface area contributed by atoms with Gasteiger partial charge in [0.2, 0.25) is 10.0 Å². The number of phenolic OH excluding ortho intramolecular Hbond substituents is 1. The molecule has 0 atom stereocenters. The van der Waals surface area contributed by atoms with Crippen molar-refractivity contribution in [1.82, 2.24) is 9.62 Å². The number of rotatable bonds is 10. The molecule has 0 aliphatic rings. The highest BCUT2D eigenvalue weighted by molar-refractivity contribution is 7.89. The zero-order valence-corrected chi connectivity index (χ0v) is 26.5. The van der Waals surface area contributed by atoms with Gasteiger partial charge < -0.3 is 19.9 Å². The second-order valence-corrected chi connectivity index (χ2v) is 13.6. The van der Waals surface area contributed by atoms with Gasteiger partial charge in [0.15, 0.2) is 5.75 Å². The van der Waals surface area contributed by atoms with Gasteiger partial charge in [-0.25, -0.2) is 17.6 Å². The van der Waals surface area contributed by atoms with Gasteiger partial charge >= 0.3 is 6.09 Å². The highest BCUT2D eigenvalue weighted by atomic mass is 35.5. The zero-order valence-electron chi connectivity index (χ0n) is 24.2. The second-order valence-electron chi connectivity index (χ2n) is 10.9. The standard InChI is InChI=1S/C32H31Cl2FN2O6S/c1-32(2,3)43-31(39)36-18-22-5-4-6-23(15-22)20-37(44(40,41)29-17-24(33)16-28(34)30(29)38)19-21-7-11-26(12-8-21)42-27-13-9-25(35)10-14-27/h4-17,38H,18-20H2,1-3H3,(H,36,39). The monoisotopic (exact) mass is 660 g/mol. The first-order valence-electron chi connectivity index (χ1n) is 13.4. The van der Waals surface area contributed by atoms with Crippen molar-refractivity contribution in [2.45, 2.75) is 50.9 Å². The third-order valence-electron chi connectivity index (χ3n) is 6.13. The van der Waals surface area contributed by atoms with Crippen LogP contribution in [0.2, 0.25) is 10.0 Å². The number of nitrogens with one attached hydrogen (secondary N) is 1. The maximum absolute atomic E-state index is 14.0. The number of ether oxygens (including phenoxy) is 2. The van der Waals surface area contributed by atoms with E-state index in [0.717, 1.165) is 11.6 Å². The van der Waals surface area contributed by atoms with E-state index in [2.05, 4.69) is 5.32 Å². The van der Waals surface area contributed by atoms with E-state index < -0.39 is 32.4 Å². The molecular formula is C32H31Cl2FN2O6S. The summed E-state index contributed by atoms with van der Waals surface area (Å²) in [6.45, 7) is 5.29. The van der Waals surface area contributed by atoms with Gasteiger partial charge in [0.25, 0.3) is 0 Å². The van der Waals surface area contributed by atoms with Crippen LogP contribution in [0, 0.1) is 5.82 Å². The molecule has 0 heterocycles. The summed E-state index contributed by atoms with van der Waals surface area (Å²) in [7, 11) is -4.34. The van der Waals surface area contributed by atoms with Crippen molar-refractivity contribution in [2.24, 2.45) is 0 Å². The number of aromatic hydroxyl groups is 1. The number of carbonyl (C=O) groups excluding carboxylic acids is 1. The first-order valence-corrected chi connectivity index (χ1v) is 15.6. The molecule has 0 aliphatic heterocycles. The summed E-state index contributed by atoms with van der Waals surface area (Å²) in [4.78, 5) is 11.7. The van der Waals surface area contributed by atoms with Crippen molar-refractivity contribution < 1.29 is 32.2 Å². The SMILES string of the molecule is CC(C)(C)OC(=O)NCc1cccc(CN(Cc2ccc(Oc3ccc(F)cc3)cc2)S(=O)(=O)c2cc(Cl)cc(Cl)c2O)c1. The predicted molar refractivity (Wildman–Crippen MR) is 167 cm³/mol. The number of benzene rings is 4. The van der Waals surface area contributed by atoms with Crippen LogP contribution in [0.4, 0.5) is 9.18 Å². The van der Waals surface area contributed by atoms with Gasteiger partial charge in [0, 0.05) is 24.7 Å². The van der Waals surface area contributed by atoms with E-state index in [-0.39, 0.29) is 35.5 Å². The Labute approximate surface area is 266 Å². The largest absolute Gasteiger partial charge is 0.505 e. The van der Waals surface area contributed by atoms with Crippen LogP contribution in [0.25, 0.3) is 0 Å². The van der Waals surface area contributed by atoms with Crippen LogP contribution < -0.4 is 10.1 Å². The van der Waals surface area contributed by atoms with E-state index in [4.69, 9.17) is 32.7 Å². The number of carbonyl (C=O) groups is 1. The third kappa shape index (κ3) is 9.09. The highest BCUT2D eigenvalue weighted by Gasteiger charge is 2.29. The predicted octanol–water partition coefficient (Wildman–Crippen LogP) is 8.05. The first-order chi connectivity index (χ1) is 20.7. The lowest BCUT2D eigenvalue weighted by Gasteiger charge is -2.24. The molecule has 0 aromatic heterocycles. The smallest absolute Gasteiger partial charge is 0.407 e. The number of alkyl carbamates (subject to hydrolysis) is 1. The lowest BCUT2D eigenvalue weighted by molar-refractivity contribution is 0.0523. The minimum absolute atomic E-state index is 0.0452. The summed E-state index contributed by atoms with van der Waals surface area (Å²) in [5.74, 6) is -0.0813. The van der Waals surface area contributed by atoms with Gasteiger partial charge in [0.05, 0.1) is 5.02 Å². The molecule has 0 bridgehead atoms. The summed E-state index contributed by atoms with van der Waals surface area (Å²) < 4.78 is 53.4. The number of halogens is 3. The van der Waals surface area contributed by atoms with E-state index in [1.807, 2.05) is 0 Å². The Hall–Kier alpha value is -3.83. The van der Waals surface area contributed by atoms with Crippen LogP contribution in [-0.4, -0.2) is 29.5 Å². The van der Waals surface area contributed by atoms with Gasteiger partial charge in [-0.2, -0.15) is 4.31 Å². The van der Waals surface area contributed by atoms with E-state index in [0.29, 0.717) is 22.6 Å². The summed E-state index contributed by atoms with van der Waals surface area (Å²) in [6, 6.07) is 21.8. The quantitative estimate of drug-likeness (QED) is 0.178. The Balaban J connectivity index is 1.60. The third-order valence-corrected chi connectivity index (χ3v) is 8.44. The molecule has 4 rings (SSSR count). The van der Waals surface area contributed by atoms with Crippen molar-refractivity contribution in [3.8, 4) is 17.2 Å². The summed E-state index contributed by atoms with van der Waals surface area (Å²) in [5.41, 5.74) is 1.32. The lowest BCUT2D eigenvalue weighted by atomic mass is 10.1. The number of sulfonamides is 1. The average molecular weight is 662 g/mol. The van der Waals surface area contributed by atoms with E-state index in [1.54, 1.807) is 69.3 Å². The van der Waals surface area contributed by atoms with Crippen LogP contribution in [-0.2, 0) is 34.4 Å². The molecule has 0 unspecified atom stereocenters. The first kappa shape index (κ1) is 33.1. The Bertz CT molecular complexity index is 1730. The number of hydrogen-bond donors (Lipinski definition) is 2. The molecular weight excluding hydrogens is 630 g/mol. The molecule has 12 heteroatoms. The number of hydrogen-bond acceptors (Lipinski definition) is 6. The molecule has 1 amide bonds. The maximum Gasteiger partial charge on any atom is 0.407 e. The Kier molecular flexibility index (Phi) is 10.4. The molecule has 0 saturated carbocycles. The van der Waals surface area contributed by atoms with Crippen molar-refractivity contribution in [3.63, 3.8) is 0 Å². The van der Waals surface area contributed by atoms with Gasteiger partial charge in [-0.05, 0) is 86.0 Å². The fraction of sp³-hybridized carbons (Fsp3) is 0.219. The normalized spacial score (nSPS) is 11.8. The molecule has 4 aromatic carbocycles. The Morgan fingerprint density at radius 3 is 2.11 bits per heavy atom. The van der Waals surface area contributed by atoms with Gasteiger partial charge in [-0.1, -0.05) is 59.6 Å². The molecule has 0 saturated heterocycles. The molecule has 0 aliphatic carbocycles. The number of phenols is 1. The van der Waals surface area contributed by atoms with Crippen LogP contribution in [0.15, 0.2) is 89.8 Å². The zero-order chi connectivity index (χ0) is 32.1. The molecule has 8 nitrogen and oxygen atoms in total. The molecule has 44 heavy (non-hydrogen) atoms. The van der Waals surface area contributed by atoms with Crippen molar-refractivity contribution >= 4 is 39.3 Å². The Morgan fingerprint density at radius 2 is 1.48 bits per heavy atom. The highest BCUT2D eigenvalue weighted by Crippen LogP contribution is 2.37. The van der Waals surface area contributed by atoms with Crippen LogP contribution in [0.5, 0.6) is 17.2 Å². The summed E-state index contributed by atoms with van der Waals surface area (Å²) >= 11 is 12.2. The summed E-state index contributed by atoms with van der Waals surface area (Å²) in [6.07, 6.45) is -0.577. The topological polar surface area (TPSA) is 105 Å². The fourth-order valence-corrected chi connectivity index (χ4v) is 6.30. The fourth-order valence-electron chi connectivity index (χ4n) is 4.14. The van der Waals surface area contributed by atoms with E-state index in [1.165, 1.54) is 34.6 Å². The second kappa shape index (κ2) is 13.9. The van der Waals surface area contributed by atoms with Crippen molar-refractivity contribution in [3.05, 3.63) is 117 Å². The van der Waals surface area contributed by atoms with E-state index >= 15 is 0 Å². The van der Waals surface area contributed by atoms with Gasteiger partial charge in [-0.3, -0.25) is 0 Å². The molecule has 2 N–H and O–H groups in total. The summed E-state index contributed by atoms with van der Waals surface area (Å²) in [5, 5.41) is 13.1. The minimum Gasteiger partial charge on any atom is -0.505 e. The molecule has 0 fully saturated rings. The van der Waals surface area contributed by atoms with E-state index in [9.17, 15) is 22.7 Å². The average Bonchev–Trinajstić information content (AvgIpc) is 2.95. The number of amides is 1. The molecule has 232 valence electrons. The van der Waals surface area contributed by atoms with Crippen LogP contribution in [0.3, 0.4) is 0 Å². The maximum atomic E-state index is 14.0.